The van der Waals surface area contributed by atoms with Gasteiger partial charge in [0.25, 0.3) is 0 Å². The van der Waals surface area contributed by atoms with Crippen LogP contribution in [0.4, 0.5) is 0 Å². The number of furan rings is 1. The van der Waals surface area contributed by atoms with Gasteiger partial charge in [0, 0.05) is 33.2 Å². The van der Waals surface area contributed by atoms with Gasteiger partial charge in [-0.1, -0.05) is 158 Å². The van der Waals surface area contributed by atoms with Gasteiger partial charge in [-0.25, -0.2) is 15.0 Å². The summed E-state index contributed by atoms with van der Waals surface area (Å²) in [6.45, 7) is 0. The molecule has 1 spiro atoms. The van der Waals surface area contributed by atoms with E-state index in [1.807, 2.05) is 24.3 Å². The number of hydrogen-bond acceptors (Lipinski definition) is 4. The average Bonchev–Trinajstić information content (AvgIpc) is 3.81. The summed E-state index contributed by atoms with van der Waals surface area (Å²) < 4.78 is 6.75. The van der Waals surface area contributed by atoms with E-state index in [0.29, 0.717) is 17.5 Å². The van der Waals surface area contributed by atoms with E-state index in [1.54, 1.807) is 0 Å². The van der Waals surface area contributed by atoms with E-state index in [0.717, 1.165) is 49.8 Å². The van der Waals surface area contributed by atoms with Crippen molar-refractivity contribution in [3.63, 3.8) is 0 Å². The molecule has 2 heterocycles. The minimum Gasteiger partial charge on any atom is -0.456 e. The van der Waals surface area contributed by atoms with Crippen molar-refractivity contribution in [1.29, 1.82) is 0 Å². The largest absolute Gasteiger partial charge is 0.456 e. The van der Waals surface area contributed by atoms with Crippen LogP contribution in [0.5, 0.6) is 0 Å². The van der Waals surface area contributed by atoms with Crippen molar-refractivity contribution in [2.45, 2.75) is 5.41 Å². The number of para-hydroxylation sites is 1. The van der Waals surface area contributed by atoms with Crippen LogP contribution in [-0.4, -0.2) is 15.0 Å². The third-order valence-electron chi connectivity index (χ3n) is 10.5. The van der Waals surface area contributed by atoms with Crippen molar-refractivity contribution in [3.05, 3.63) is 186 Å². The Bertz CT molecular complexity index is 2830. The first-order valence-corrected chi connectivity index (χ1v) is 17.0. The Balaban J connectivity index is 1.27. The maximum Gasteiger partial charge on any atom is 0.164 e. The second-order valence-corrected chi connectivity index (χ2v) is 13.1. The number of hydrogen-bond donors (Lipinski definition) is 0. The minimum atomic E-state index is -0.639. The topological polar surface area (TPSA) is 51.8 Å². The third-order valence-corrected chi connectivity index (χ3v) is 10.5. The Hall–Kier alpha value is -6.65. The summed E-state index contributed by atoms with van der Waals surface area (Å²) in [5.41, 5.74) is 11.5. The molecule has 1 atom stereocenters. The zero-order chi connectivity index (χ0) is 32.8. The number of aromatic nitrogens is 3. The number of benzene rings is 7. The standard InChI is InChI=1S/C46H27N3O/c1-2-15-29(16-3-1)43-47-44(33-23-12-17-28-14-4-5-18-30(28)33)49-45(48-43)36-24-13-22-32-31-19-6-9-25-37(31)46(40(32)36)38-26-10-7-20-34(38)42-41(46)35-21-8-11-27-39(35)50-42/h1-27H. The predicted molar refractivity (Wildman–Crippen MR) is 200 cm³/mol. The van der Waals surface area contributed by atoms with Gasteiger partial charge < -0.3 is 4.42 Å². The highest BCUT2D eigenvalue weighted by atomic mass is 16.3. The second kappa shape index (κ2) is 10.2. The summed E-state index contributed by atoms with van der Waals surface area (Å²) >= 11 is 0. The molecule has 2 aliphatic rings. The first kappa shape index (κ1) is 27.3. The molecule has 2 aliphatic carbocycles. The molecule has 4 heteroatoms. The lowest BCUT2D eigenvalue weighted by atomic mass is 9.68. The molecule has 11 rings (SSSR count). The Kier molecular flexibility index (Phi) is 5.56. The third kappa shape index (κ3) is 3.57. The van der Waals surface area contributed by atoms with E-state index in [-0.39, 0.29) is 0 Å². The van der Waals surface area contributed by atoms with Crippen LogP contribution in [0.15, 0.2) is 168 Å². The summed E-state index contributed by atoms with van der Waals surface area (Å²) in [5, 5.41) is 3.37. The van der Waals surface area contributed by atoms with Crippen LogP contribution >= 0.6 is 0 Å². The summed E-state index contributed by atoms with van der Waals surface area (Å²) in [6, 6.07) is 57.5. The van der Waals surface area contributed by atoms with Crippen LogP contribution in [0.25, 0.3) is 78.4 Å². The summed E-state index contributed by atoms with van der Waals surface area (Å²) in [7, 11) is 0. The minimum absolute atomic E-state index is 0.639. The molecular weight excluding hydrogens is 611 g/mol. The van der Waals surface area contributed by atoms with Gasteiger partial charge >= 0.3 is 0 Å². The normalized spacial score (nSPS) is 15.3. The molecule has 0 amide bonds. The average molecular weight is 638 g/mol. The van der Waals surface area contributed by atoms with E-state index in [4.69, 9.17) is 19.4 Å². The quantitative estimate of drug-likeness (QED) is 0.193. The fraction of sp³-hybridized carbons (Fsp3) is 0.0217. The summed E-state index contributed by atoms with van der Waals surface area (Å²) in [5.74, 6) is 2.86. The lowest BCUT2D eigenvalue weighted by Gasteiger charge is -2.31. The van der Waals surface area contributed by atoms with E-state index >= 15 is 0 Å². The molecule has 232 valence electrons. The van der Waals surface area contributed by atoms with Gasteiger partial charge in [0.15, 0.2) is 17.5 Å². The van der Waals surface area contributed by atoms with Crippen molar-refractivity contribution in [2.75, 3.05) is 0 Å². The van der Waals surface area contributed by atoms with E-state index in [9.17, 15) is 0 Å². The molecule has 4 nitrogen and oxygen atoms in total. The fourth-order valence-electron chi connectivity index (χ4n) is 8.59. The molecule has 50 heavy (non-hydrogen) atoms. The van der Waals surface area contributed by atoms with Gasteiger partial charge in [-0.05, 0) is 44.7 Å². The van der Waals surface area contributed by atoms with Gasteiger partial charge in [-0.15, -0.1) is 0 Å². The summed E-state index contributed by atoms with van der Waals surface area (Å²) in [4.78, 5) is 15.8. The Labute approximate surface area is 288 Å². The van der Waals surface area contributed by atoms with Crippen molar-refractivity contribution < 1.29 is 4.42 Å². The number of fused-ring (bicyclic) bond motifs is 13. The molecule has 0 aliphatic heterocycles. The molecule has 2 aromatic heterocycles. The Morgan fingerprint density at radius 3 is 1.80 bits per heavy atom. The van der Waals surface area contributed by atoms with Crippen molar-refractivity contribution >= 4 is 21.7 Å². The van der Waals surface area contributed by atoms with Gasteiger partial charge in [-0.2, -0.15) is 0 Å². The number of nitrogens with zero attached hydrogens (tertiary/aromatic N) is 3. The molecule has 0 saturated heterocycles. The maximum atomic E-state index is 6.75. The van der Waals surface area contributed by atoms with Gasteiger partial charge in [0.2, 0.25) is 0 Å². The molecule has 0 radical (unpaired) electrons. The molecule has 1 unspecified atom stereocenters. The zero-order valence-electron chi connectivity index (χ0n) is 26.8. The highest BCUT2D eigenvalue weighted by molar-refractivity contribution is 6.04. The summed E-state index contributed by atoms with van der Waals surface area (Å²) in [6.07, 6.45) is 0. The molecule has 0 saturated carbocycles. The van der Waals surface area contributed by atoms with Crippen LogP contribution in [0.3, 0.4) is 0 Å². The van der Waals surface area contributed by atoms with Crippen LogP contribution in [0, 0.1) is 0 Å². The lowest BCUT2D eigenvalue weighted by Crippen LogP contribution is -2.27. The zero-order valence-corrected chi connectivity index (χ0v) is 26.8. The van der Waals surface area contributed by atoms with Crippen molar-refractivity contribution in [1.82, 2.24) is 15.0 Å². The van der Waals surface area contributed by atoms with Crippen molar-refractivity contribution in [2.24, 2.45) is 0 Å². The molecule has 0 N–H and O–H groups in total. The van der Waals surface area contributed by atoms with Crippen LogP contribution in [-0.2, 0) is 5.41 Å². The molecular formula is C46H27N3O. The Morgan fingerprint density at radius 1 is 0.380 bits per heavy atom. The van der Waals surface area contributed by atoms with Crippen LogP contribution in [0.1, 0.15) is 22.3 Å². The van der Waals surface area contributed by atoms with Crippen LogP contribution < -0.4 is 0 Å². The first-order chi connectivity index (χ1) is 24.8. The monoisotopic (exact) mass is 637 g/mol. The second-order valence-electron chi connectivity index (χ2n) is 13.1. The molecule has 0 bridgehead atoms. The smallest absolute Gasteiger partial charge is 0.164 e. The van der Waals surface area contributed by atoms with Crippen molar-refractivity contribution in [3.8, 4) is 56.6 Å². The van der Waals surface area contributed by atoms with Gasteiger partial charge in [-0.3, -0.25) is 0 Å². The predicted octanol–water partition coefficient (Wildman–Crippen LogP) is 11.1. The molecule has 7 aromatic carbocycles. The van der Waals surface area contributed by atoms with E-state index < -0.39 is 5.41 Å². The molecule has 9 aromatic rings. The highest BCUT2D eigenvalue weighted by Gasteiger charge is 2.55. The number of rotatable bonds is 3. The lowest BCUT2D eigenvalue weighted by molar-refractivity contribution is 0.628. The molecule has 0 fully saturated rings. The SMILES string of the molecule is c1ccc(-c2nc(-c3cccc4c3C3(c5ccccc5-4)c4ccccc4-c4oc5ccccc5c43)nc(-c3cccc4ccccc34)n2)cc1. The van der Waals surface area contributed by atoms with Gasteiger partial charge in [0.05, 0.1) is 5.41 Å². The first-order valence-electron chi connectivity index (χ1n) is 17.0. The highest BCUT2D eigenvalue weighted by Crippen LogP contribution is 2.66. The fourth-order valence-corrected chi connectivity index (χ4v) is 8.59. The Morgan fingerprint density at radius 2 is 0.940 bits per heavy atom. The van der Waals surface area contributed by atoms with Crippen LogP contribution in [0.2, 0.25) is 0 Å². The van der Waals surface area contributed by atoms with E-state index in [1.165, 1.54) is 33.4 Å². The van der Waals surface area contributed by atoms with E-state index in [2.05, 4.69) is 140 Å². The van der Waals surface area contributed by atoms with Gasteiger partial charge in [0.1, 0.15) is 11.3 Å². The maximum absolute atomic E-state index is 6.75.